The largest absolute Gasteiger partial charge is 0.496 e. The summed E-state index contributed by atoms with van der Waals surface area (Å²) in [4.78, 5) is 8.64. The minimum atomic E-state index is -4.61. The number of aromatic nitrogens is 2. The summed E-state index contributed by atoms with van der Waals surface area (Å²) in [7, 11) is -7.64. The molecule has 0 unspecified atom stereocenters. The van der Waals surface area contributed by atoms with E-state index >= 15 is 0 Å². The van der Waals surface area contributed by atoms with Gasteiger partial charge in [0.25, 0.3) is 10.1 Å². The third-order valence-corrected chi connectivity index (χ3v) is 10.7. The van der Waals surface area contributed by atoms with E-state index < -0.39 is 29.8 Å². The molecule has 0 aliphatic heterocycles. The number of benzene rings is 2. The Morgan fingerprint density at radius 3 is 2.23 bits per heavy atom. The first kappa shape index (κ1) is 38.2. The number of ether oxygens (including phenoxy) is 3. The molecule has 0 aliphatic carbocycles. The molecule has 260 valence electrons. The number of halogens is 2. The van der Waals surface area contributed by atoms with Crippen molar-refractivity contribution in [1.82, 2.24) is 9.97 Å². The van der Waals surface area contributed by atoms with Gasteiger partial charge in [-0.15, -0.1) is 0 Å². The normalized spacial score (nSPS) is 12.4. The SMILES string of the molecule is CCOP(=O)(OCC)C(F)(F)CCOCCOc1ccc(Cc2c(C)nc(N)nc2-c2c(C)cc(C)c(S(=O)(=O)O)c2C)c(OC)c1. The molecule has 0 amide bonds. The first-order chi connectivity index (χ1) is 22.0. The highest BCUT2D eigenvalue weighted by molar-refractivity contribution is 7.86. The van der Waals surface area contributed by atoms with Gasteiger partial charge in [0.15, 0.2) is 0 Å². The maximum Gasteiger partial charge on any atom is 0.399 e. The molecule has 0 bridgehead atoms. The zero-order valence-electron chi connectivity index (χ0n) is 27.6. The third kappa shape index (κ3) is 9.04. The molecule has 3 N–H and O–H groups in total. The quantitative estimate of drug-likeness (QED) is 0.0897. The van der Waals surface area contributed by atoms with Gasteiger partial charge in [-0.3, -0.25) is 9.12 Å². The fourth-order valence-electron chi connectivity index (χ4n) is 5.33. The predicted octanol–water partition coefficient (Wildman–Crippen LogP) is 6.45. The molecule has 0 fully saturated rings. The van der Waals surface area contributed by atoms with Crippen LogP contribution < -0.4 is 15.2 Å². The van der Waals surface area contributed by atoms with Crippen LogP contribution in [0.2, 0.25) is 0 Å². The monoisotopic (exact) mass is 701 g/mol. The lowest BCUT2D eigenvalue weighted by molar-refractivity contribution is -0.000497. The van der Waals surface area contributed by atoms with E-state index in [1.54, 1.807) is 45.0 Å². The minimum absolute atomic E-state index is 0.00767. The molecular weight excluding hydrogens is 659 g/mol. The summed E-state index contributed by atoms with van der Waals surface area (Å²) in [5.41, 5.74) is 6.74. The molecule has 3 aromatic rings. The molecule has 0 saturated heterocycles. The molecule has 47 heavy (non-hydrogen) atoms. The predicted molar refractivity (Wildman–Crippen MR) is 173 cm³/mol. The molecule has 0 spiro atoms. The van der Waals surface area contributed by atoms with Crippen molar-refractivity contribution >= 4 is 23.7 Å². The Labute approximate surface area is 274 Å². The minimum Gasteiger partial charge on any atom is -0.496 e. The fourth-order valence-corrected chi connectivity index (χ4v) is 7.79. The summed E-state index contributed by atoms with van der Waals surface area (Å²) in [5.74, 6) is 0.919. The molecule has 0 saturated carbocycles. The number of alkyl halides is 2. The summed E-state index contributed by atoms with van der Waals surface area (Å²) >= 11 is 0. The average molecular weight is 702 g/mol. The average Bonchev–Trinajstić information content (AvgIpc) is 2.96. The van der Waals surface area contributed by atoms with Crippen LogP contribution in [0.25, 0.3) is 11.3 Å². The summed E-state index contributed by atoms with van der Waals surface area (Å²) in [5, 5.41) is 0. The Bertz CT molecular complexity index is 1730. The van der Waals surface area contributed by atoms with Crippen LogP contribution in [-0.4, -0.2) is 68.7 Å². The van der Waals surface area contributed by atoms with Crippen molar-refractivity contribution in [3.8, 4) is 22.8 Å². The van der Waals surface area contributed by atoms with E-state index in [0.717, 1.165) is 11.1 Å². The fraction of sp³-hybridized carbons (Fsp3) is 0.484. The van der Waals surface area contributed by atoms with Gasteiger partial charge >= 0.3 is 13.3 Å². The Kier molecular flexibility index (Phi) is 12.9. The number of nitrogens with zero attached hydrogens (tertiary/aromatic N) is 2. The molecule has 16 heteroatoms. The highest BCUT2D eigenvalue weighted by atomic mass is 32.2. The lowest BCUT2D eigenvalue weighted by Crippen LogP contribution is -2.23. The van der Waals surface area contributed by atoms with E-state index in [0.29, 0.717) is 45.1 Å². The van der Waals surface area contributed by atoms with Gasteiger partial charge in [-0.1, -0.05) is 12.1 Å². The van der Waals surface area contributed by atoms with E-state index in [2.05, 4.69) is 9.97 Å². The van der Waals surface area contributed by atoms with Crippen LogP contribution in [0.1, 0.15) is 53.8 Å². The van der Waals surface area contributed by atoms with Gasteiger partial charge < -0.3 is 29.0 Å². The van der Waals surface area contributed by atoms with Crippen molar-refractivity contribution in [2.45, 2.75) is 64.9 Å². The molecule has 0 radical (unpaired) electrons. The smallest absolute Gasteiger partial charge is 0.399 e. The van der Waals surface area contributed by atoms with Crippen LogP contribution in [-0.2, 0) is 34.9 Å². The molecule has 1 heterocycles. The van der Waals surface area contributed by atoms with E-state index in [-0.39, 0.29) is 50.3 Å². The van der Waals surface area contributed by atoms with Crippen molar-refractivity contribution in [2.75, 3.05) is 45.9 Å². The van der Waals surface area contributed by atoms with E-state index in [1.165, 1.54) is 21.0 Å². The second-order valence-corrected chi connectivity index (χ2v) is 14.2. The van der Waals surface area contributed by atoms with Crippen LogP contribution >= 0.6 is 7.60 Å². The number of hydrogen-bond donors (Lipinski definition) is 2. The van der Waals surface area contributed by atoms with Crippen LogP contribution in [0.3, 0.4) is 0 Å². The second-order valence-electron chi connectivity index (χ2n) is 10.7. The molecule has 3 rings (SSSR count). The first-order valence-corrected chi connectivity index (χ1v) is 17.8. The summed E-state index contributed by atoms with van der Waals surface area (Å²) in [6.07, 6.45) is -0.564. The zero-order valence-corrected chi connectivity index (χ0v) is 29.3. The van der Waals surface area contributed by atoms with Gasteiger partial charge in [-0.2, -0.15) is 17.2 Å². The van der Waals surface area contributed by atoms with Crippen LogP contribution in [0.5, 0.6) is 11.5 Å². The number of nitrogens with two attached hydrogens (primary N) is 1. The maximum absolute atomic E-state index is 14.5. The molecule has 0 aliphatic rings. The van der Waals surface area contributed by atoms with Crippen molar-refractivity contribution in [3.05, 3.63) is 57.8 Å². The molecular formula is C31H42F2N3O9PS. The molecule has 1 aromatic heterocycles. The van der Waals surface area contributed by atoms with E-state index in [4.69, 9.17) is 29.0 Å². The van der Waals surface area contributed by atoms with Gasteiger partial charge in [0, 0.05) is 35.7 Å². The number of aryl methyl sites for hydroxylation is 3. The number of methoxy groups -OCH3 is 1. The van der Waals surface area contributed by atoms with Gasteiger partial charge in [0.1, 0.15) is 23.0 Å². The summed E-state index contributed by atoms with van der Waals surface area (Å²) < 4.78 is 102. The molecule has 0 atom stereocenters. The Balaban J connectivity index is 1.78. The van der Waals surface area contributed by atoms with Gasteiger partial charge in [0.2, 0.25) is 5.95 Å². The molecule has 12 nitrogen and oxygen atoms in total. The Morgan fingerprint density at radius 2 is 1.64 bits per heavy atom. The topological polar surface area (TPSA) is 169 Å². The second kappa shape index (κ2) is 15.8. The van der Waals surface area contributed by atoms with Crippen LogP contribution in [0.4, 0.5) is 14.7 Å². The van der Waals surface area contributed by atoms with Crippen LogP contribution in [0, 0.1) is 27.7 Å². The van der Waals surface area contributed by atoms with E-state index in [9.17, 15) is 26.3 Å². The van der Waals surface area contributed by atoms with Gasteiger partial charge in [-0.05, 0) is 69.9 Å². The zero-order chi connectivity index (χ0) is 35.2. The third-order valence-electron chi connectivity index (χ3n) is 7.30. The molecule has 2 aromatic carbocycles. The van der Waals surface area contributed by atoms with E-state index in [1.807, 2.05) is 6.92 Å². The van der Waals surface area contributed by atoms with Gasteiger partial charge in [-0.25, -0.2) is 9.97 Å². The van der Waals surface area contributed by atoms with Gasteiger partial charge in [0.05, 0.1) is 39.2 Å². The number of rotatable bonds is 17. The number of anilines is 1. The number of nitrogen functional groups attached to an aromatic ring is 1. The standard InChI is InChI=1S/C31H42F2N3O9PS/c1-8-44-46(37,45-9-2)31(32,33)12-13-42-14-15-43-24-11-10-23(26(18-24)41-7)17-25-22(6)35-30(34)36-28(25)27-19(3)16-20(4)29(21(27)5)47(38,39)40/h10-11,16,18H,8-9,12-15,17H2,1-7H3,(H2,34,35,36)(H,38,39,40). The maximum atomic E-state index is 14.5. The first-order valence-electron chi connectivity index (χ1n) is 14.9. The Hall–Kier alpha value is -3.20. The van der Waals surface area contributed by atoms with Crippen molar-refractivity contribution < 1.29 is 49.6 Å². The lowest BCUT2D eigenvalue weighted by atomic mass is 9.91. The van der Waals surface area contributed by atoms with Crippen molar-refractivity contribution in [3.63, 3.8) is 0 Å². The summed E-state index contributed by atoms with van der Waals surface area (Å²) in [6, 6.07) is 6.83. The van der Waals surface area contributed by atoms with Crippen molar-refractivity contribution in [1.29, 1.82) is 0 Å². The highest BCUT2D eigenvalue weighted by Gasteiger charge is 2.52. The van der Waals surface area contributed by atoms with Crippen molar-refractivity contribution in [2.24, 2.45) is 0 Å². The number of hydrogen-bond acceptors (Lipinski definition) is 11. The summed E-state index contributed by atoms with van der Waals surface area (Å²) in [6.45, 7) is 9.01. The highest BCUT2D eigenvalue weighted by Crippen LogP contribution is 2.63. The van der Waals surface area contributed by atoms with Crippen LogP contribution in [0.15, 0.2) is 29.2 Å². The lowest BCUT2D eigenvalue weighted by Gasteiger charge is -2.25. The Morgan fingerprint density at radius 1 is 0.979 bits per heavy atom.